The van der Waals surface area contributed by atoms with Crippen LogP contribution in [0.4, 0.5) is 8.78 Å². The van der Waals surface area contributed by atoms with Crippen molar-refractivity contribution in [2.45, 2.75) is 44.6 Å². The van der Waals surface area contributed by atoms with Gasteiger partial charge in [-0.15, -0.1) is 0 Å². The molecule has 1 aliphatic heterocycles. The molecule has 2 fully saturated rings. The maximum Gasteiger partial charge on any atom is 0.128 e. The zero-order valence-electron chi connectivity index (χ0n) is 12.5. The Kier molecular flexibility index (Phi) is 4.27. The van der Waals surface area contributed by atoms with E-state index in [1.165, 1.54) is 50.7 Å². The summed E-state index contributed by atoms with van der Waals surface area (Å²) in [4.78, 5) is 2.24. The molecule has 0 bridgehead atoms. The summed E-state index contributed by atoms with van der Waals surface area (Å²) in [5, 5.41) is 0. The van der Waals surface area contributed by atoms with Gasteiger partial charge in [0.25, 0.3) is 0 Å². The lowest BCUT2D eigenvalue weighted by atomic mass is 9.76. The minimum absolute atomic E-state index is 0.209. The number of halogens is 2. The molecule has 1 heterocycles. The third kappa shape index (κ3) is 2.97. The van der Waals surface area contributed by atoms with E-state index in [9.17, 15) is 8.78 Å². The van der Waals surface area contributed by atoms with Gasteiger partial charge in [0.15, 0.2) is 0 Å². The Balaban J connectivity index is 1.74. The Morgan fingerprint density at radius 2 is 1.76 bits per heavy atom. The van der Waals surface area contributed by atoms with E-state index >= 15 is 0 Å². The van der Waals surface area contributed by atoms with Crippen LogP contribution < -0.4 is 5.73 Å². The fraction of sp³-hybridized carbons (Fsp3) is 0.647. The van der Waals surface area contributed by atoms with Gasteiger partial charge < -0.3 is 5.73 Å². The number of likely N-dealkylation sites (tertiary alicyclic amines) is 1. The molecule has 1 atom stereocenters. The van der Waals surface area contributed by atoms with Crippen LogP contribution in [0.1, 0.15) is 50.1 Å². The van der Waals surface area contributed by atoms with Crippen molar-refractivity contribution in [3.63, 3.8) is 0 Å². The molecule has 2 N–H and O–H groups in total. The number of rotatable bonds is 3. The van der Waals surface area contributed by atoms with Crippen molar-refractivity contribution in [2.24, 2.45) is 11.1 Å². The zero-order valence-corrected chi connectivity index (χ0v) is 12.5. The molecule has 1 saturated heterocycles. The van der Waals surface area contributed by atoms with Gasteiger partial charge in [-0.1, -0.05) is 12.8 Å². The van der Waals surface area contributed by atoms with Gasteiger partial charge >= 0.3 is 0 Å². The smallest absolute Gasteiger partial charge is 0.128 e. The van der Waals surface area contributed by atoms with Crippen molar-refractivity contribution in [3.8, 4) is 0 Å². The Morgan fingerprint density at radius 1 is 1.10 bits per heavy atom. The molecule has 2 aliphatic rings. The summed E-state index contributed by atoms with van der Waals surface area (Å²) in [6, 6.07) is 3.46. The van der Waals surface area contributed by atoms with Gasteiger partial charge in [0.1, 0.15) is 11.6 Å². The van der Waals surface area contributed by atoms with Gasteiger partial charge in [0.05, 0.1) is 0 Å². The minimum Gasteiger partial charge on any atom is -0.329 e. The van der Waals surface area contributed by atoms with Gasteiger partial charge in [0.2, 0.25) is 0 Å². The quantitative estimate of drug-likeness (QED) is 0.922. The fourth-order valence-electron chi connectivity index (χ4n) is 4.18. The molecule has 1 aromatic rings. The lowest BCUT2D eigenvalue weighted by Gasteiger charge is -2.42. The molecule has 1 aromatic carbocycles. The molecule has 1 spiro atoms. The van der Waals surface area contributed by atoms with Gasteiger partial charge in [0, 0.05) is 18.2 Å². The monoisotopic (exact) mass is 294 g/mol. The average Bonchev–Trinajstić information content (AvgIpc) is 2.94. The van der Waals surface area contributed by atoms with E-state index in [1.807, 2.05) is 0 Å². The van der Waals surface area contributed by atoms with Crippen LogP contribution in [-0.2, 0) is 0 Å². The molecule has 1 saturated carbocycles. The number of benzene rings is 1. The zero-order chi connectivity index (χ0) is 14.9. The van der Waals surface area contributed by atoms with E-state index in [4.69, 9.17) is 5.73 Å². The molecule has 0 aromatic heterocycles. The normalized spacial score (nSPS) is 23.6. The topological polar surface area (TPSA) is 29.3 Å². The maximum absolute atomic E-state index is 14.0. The molecule has 1 unspecified atom stereocenters. The lowest BCUT2D eigenvalue weighted by Crippen LogP contribution is -2.43. The van der Waals surface area contributed by atoms with E-state index in [1.54, 1.807) is 0 Å². The molecule has 0 radical (unpaired) electrons. The number of nitrogens with two attached hydrogens (primary N) is 1. The summed E-state index contributed by atoms with van der Waals surface area (Å²) in [5.41, 5.74) is 6.80. The molecule has 3 rings (SSSR count). The summed E-state index contributed by atoms with van der Waals surface area (Å²) in [5.74, 6) is -0.748. The fourth-order valence-corrected chi connectivity index (χ4v) is 4.18. The summed E-state index contributed by atoms with van der Waals surface area (Å²) >= 11 is 0. The van der Waals surface area contributed by atoms with Crippen LogP contribution in [0, 0.1) is 17.0 Å². The first-order chi connectivity index (χ1) is 10.1. The SMILES string of the molecule is NCC(c1cc(F)ccc1F)N1CCC2(CCCC2)CC1. The lowest BCUT2D eigenvalue weighted by molar-refractivity contribution is 0.0767. The van der Waals surface area contributed by atoms with Gasteiger partial charge in [-0.05, 0) is 62.4 Å². The number of nitrogens with zero attached hydrogens (tertiary/aromatic N) is 1. The number of hydrogen-bond donors (Lipinski definition) is 1. The second-order valence-electron chi connectivity index (χ2n) is 6.66. The molecular weight excluding hydrogens is 270 g/mol. The molecule has 0 amide bonds. The van der Waals surface area contributed by atoms with Crippen molar-refractivity contribution in [1.29, 1.82) is 0 Å². The highest BCUT2D eigenvalue weighted by Crippen LogP contribution is 2.47. The van der Waals surface area contributed by atoms with Gasteiger partial charge in [-0.25, -0.2) is 8.78 Å². The second-order valence-corrected chi connectivity index (χ2v) is 6.66. The Labute approximate surface area is 125 Å². The van der Waals surface area contributed by atoms with Crippen molar-refractivity contribution in [2.75, 3.05) is 19.6 Å². The highest BCUT2D eigenvalue weighted by Gasteiger charge is 2.38. The Bertz CT molecular complexity index is 488. The largest absolute Gasteiger partial charge is 0.329 e. The van der Waals surface area contributed by atoms with Crippen molar-refractivity contribution >= 4 is 0 Å². The summed E-state index contributed by atoms with van der Waals surface area (Å²) in [6.07, 6.45) is 7.70. The predicted molar refractivity (Wildman–Crippen MR) is 79.9 cm³/mol. The molecular formula is C17H24F2N2. The van der Waals surface area contributed by atoms with Crippen LogP contribution in [0.3, 0.4) is 0 Å². The van der Waals surface area contributed by atoms with E-state index in [0.717, 1.165) is 19.2 Å². The third-order valence-corrected chi connectivity index (χ3v) is 5.50. The highest BCUT2D eigenvalue weighted by molar-refractivity contribution is 5.23. The van der Waals surface area contributed by atoms with E-state index in [2.05, 4.69) is 4.90 Å². The molecule has 116 valence electrons. The molecule has 21 heavy (non-hydrogen) atoms. The minimum atomic E-state index is -0.394. The maximum atomic E-state index is 14.0. The van der Waals surface area contributed by atoms with Crippen molar-refractivity contribution < 1.29 is 8.78 Å². The van der Waals surface area contributed by atoms with Crippen LogP contribution in [-0.4, -0.2) is 24.5 Å². The van der Waals surface area contributed by atoms with Crippen LogP contribution in [0.25, 0.3) is 0 Å². The van der Waals surface area contributed by atoms with Crippen molar-refractivity contribution in [3.05, 3.63) is 35.4 Å². The van der Waals surface area contributed by atoms with Crippen molar-refractivity contribution in [1.82, 2.24) is 4.90 Å². The summed E-state index contributed by atoms with van der Waals surface area (Å²) in [6.45, 7) is 2.21. The summed E-state index contributed by atoms with van der Waals surface area (Å²) < 4.78 is 27.4. The van der Waals surface area contributed by atoms with Gasteiger partial charge in [-0.2, -0.15) is 0 Å². The number of hydrogen-bond acceptors (Lipinski definition) is 2. The first kappa shape index (κ1) is 14.9. The van der Waals surface area contributed by atoms with E-state index in [0.29, 0.717) is 17.5 Å². The first-order valence-corrected chi connectivity index (χ1v) is 8.03. The Hall–Kier alpha value is -1.00. The van der Waals surface area contributed by atoms with E-state index in [-0.39, 0.29) is 11.9 Å². The summed E-state index contributed by atoms with van der Waals surface area (Å²) in [7, 11) is 0. The first-order valence-electron chi connectivity index (χ1n) is 8.03. The molecule has 2 nitrogen and oxygen atoms in total. The standard InChI is InChI=1S/C17H24F2N2/c18-13-3-4-15(19)14(11-13)16(12-20)21-9-7-17(8-10-21)5-1-2-6-17/h3-4,11,16H,1-2,5-10,12,20H2. The van der Waals surface area contributed by atoms with Crippen LogP contribution in [0.15, 0.2) is 18.2 Å². The highest BCUT2D eigenvalue weighted by atomic mass is 19.1. The molecule has 1 aliphatic carbocycles. The molecule has 4 heteroatoms. The average molecular weight is 294 g/mol. The van der Waals surface area contributed by atoms with E-state index < -0.39 is 5.82 Å². The van der Waals surface area contributed by atoms with Crippen LogP contribution in [0.5, 0.6) is 0 Å². The second kappa shape index (κ2) is 6.01. The van der Waals surface area contributed by atoms with Gasteiger partial charge in [-0.3, -0.25) is 4.90 Å². The predicted octanol–water partition coefficient (Wildman–Crippen LogP) is 3.62. The Morgan fingerprint density at radius 3 is 2.38 bits per heavy atom. The van der Waals surface area contributed by atoms with Crippen LogP contribution in [0.2, 0.25) is 0 Å². The van der Waals surface area contributed by atoms with Crippen LogP contribution >= 0.6 is 0 Å². The number of piperidine rings is 1. The third-order valence-electron chi connectivity index (χ3n) is 5.50.